The molecule has 9 heteroatoms. The molecular formula is C16H18ClF3N4O. The molecular weight excluding hydrogens is 357 g/mol. The minimum atomic E-state index is -4.22. The lowest BCUT2D eigenvalue weighted by Gasteiger charge is -2.33. The molecule has 1 saturated heterocycles. The number of hydrogen-bond donors (Lipinski definition) is 0. The molecule has 1 aliphatic heterocycles. The zero-order valence-electron chi connectivity index (χ0n) is 13.5. The Morgan fingerprint density at radius 2 is 1.84 bits per heavy atom. The second-order valence-corrected chi connectivity index (χ2v) is 6.37. The van der Waals surface area contributed by atoms with Crippen molar-refractivity contribution in [2.45, 2.75) is 25.6 Å². The van der Waals surface area contributed by atoms with E-state index < -0.39 is 12.6 Å². The van der Waals surface area contributed by atoms with Gasteiger partial charge in [-0.05, 0) is 11.6 Å². The molecule has 0 N–H and O–H groups in total. The molecule has 2 aromatic rings. The fourth-order valence-electron chi connectivity index (χ4n) is 2.69. The second-order valence-electron chi connectivity index (χ2n) is 5.96. The van der Waals surface area contributed by atoms with Gasteiger partial charge in [-0.15, -0.1) is 0 Å². The number of alkyl halides is 3. The molecule has 0 saturated carbocycles. The number of nitrogens with zero attached hydrogens (tertiary/aromatic N) is 4. The Morgan fingerprint density at radius 1 is 1.12 bits per heavy atom. The van der Waals surface area contributed by atoms with Crippen molar-refractivity contribution in [1.29, 1.82) is 0 Å². The molecule has 0 spiro atoms. The van der Waals surface area contributed by atoms with Gasteiger partial charge in [0.15, 0.2) is 5.82 Å². The average molecular weight is 375 g/mol. The second kappa shape index (κ2) is 7.61. The van der Waals surface area contributed by atoms with Gasteiger partial charge in [0.1, 0.15) is 0 Å². The van der Waals surface area contributed by atoms with E-state index in [1.807, 2.05) is 29.2 Å². The summed E-state index contributed by atoms with van der Waals surface area (Å²) in [5.41, 5.74) is 1.07. The number of aryl methyl sites for hydroxylation is 1. The van der Waals surface area contributed by atoms with Gasteiger partial charge in [0, 0.05) is 44.2 Å². The molecule has 0 bridgehead atoms. The van der Waals surface area contributed by atoms with Gasteiger partial charge in [0.05, 0.1) is 6.42 Å². The van der Waals surface area contributed by atoms with E-state index >= 15 is 0 Å². The van der Waals surface area contributed by atoms with E-state index in [-0.39, 0.29) is 18.3 Å². The van der Waals surface area contributed by atoms with Crippen LogP contribution in [0.4, 0.5) is 19.2 Å². The molecule has 0 aliphatic carbocycles. The zero-order valence-corrected chi connectivity index (χ0v) is 14.2. The summed E-state index contributed by atoms with van der Waals surface area (Å²) in [4.78, 5) is 8.23. The zero-order chi connectivity index (χ0) is 17.9. The van der Waals surface area contributed by atoms with Crippen molar-refractivity contribution in [3.8, 4) is 0 Å². The first kappa shape index (κ1) is 18.0. The van der Waals surface area contributed by atoms with Crippen LogP contribution >= 0.6 is 11.6 Å². The molecule has 1 aromatic carbocycles. The summed E-state index contributed by atoms with van der Waals surface area (Å²) >= 11 is 6.18. The summed E-state index contributed by atoms with van der Waals surface area (Å²) in [6.45, 7) is 3.67. The lowest BCUT2D eigenvalue weighted by molar-refractivity contribution is -0.134. The van der Waals surface area contributed by atoms with Crippen LogP contribution in [0, 0.1) is 0 Å². The molecule has 0 unspecified atom stereocenters. The predicted octanol–water partition coefficient (Wildman–Crippen LogP) is 3.54. The quantitative estimate of drug-likeness (QED) is 0.801. The highest BCUT2D eigenvalue weighted by Gasteiger charge is 2.28. The van der Waals surface area contributed by atoms with E-state index in [0.717, 1.165) is 30.2 Å². The Bertz CT molecular complexity index is 699. The molecule has 1 aliphatic rings. The normalized spacial score (nSPS) is 16.4. The maximum Gasteiger partial charge on any atom is 0.389 e. The van der Waals surface area contributed by atoms with Gasteiger partial charge >= 0.3 is 12.2 Å². The summed E-state index contributed by atoms with van der Waals surface area (Å²) in [6, 6.07) is 8.01. The van der Waals surface area contributed by atoms with Crippen LogP contribution in [0.1, 0.15) is 17.8 Å². The highest BCUT2D eigenvalue weighted by Crippen LogP contribution is 2.23. The number of hydrogen-bond acceptors (Lipinski definition) is 5. The topological polar surface area (TPSA) is 45.4 Å². The number of aromatic nitrogens is 2. The number of rotatable bonds is 5. The standard InChI is InChI=1S/C16H18ClF3N4O/c17-13-4-2-1-3-12(13)11-23-7-9-24(10-8-23)15-21-14(22-25-15)5-6-16(18,19)20/h1-4H,5-11H2. The lowest BCUT2D eigenvalue weighted by atomic mass is 10.2. The Labute approximate surface area is 148 Å². The predicted molar refractivity (Wildman–Crippen MR) is 87.6 cm³/mol. The summed E-state index contributed by atoms with van der Waals surface area (Å²) in [5, 5.41) is 4.38. The Hall–Kier alpha value is -1.80. The fourth-order valence-corrected chi connectivity index (χ4v) is 2.89. The van der Waals surface area contributed by atoms with E-state index in [1.54, 1.807) is 0 Å². The maximum absolute atomic E-state index is 12.2. The number of piperazine rings is 1. The van der Waals surface area contributed by atoms with Crippen LogP contribution in [0.15, 0.2) is 28.8 Å². The van der Waals surface area contributed by atoms with Crippen LogP contribution < -0.4 is 4.90 Å². The van der Waals surface area contributed by atoms with Crippen molar-refractivity contribution in [3.05, 3.63) is 40.7 Å². The van der Waals surface area contributed by atoms with E-state index in [9.17, 15) is 13.2 Å². The molecule has 0 atom stereocenters. The van der Waals surface area contributed by atoms with Crippen LogP contribution in [0.3, 0.4) is 0 Å². The third kappa shape index (κ3) is 5.09. The van der Waals surface area contributed by atoms with Crippen LogP contribution in [-0.2, 0) is 13.0 Å². The first-order chi connectivity index (χ1) is 11.9. The van der Waals surface area contributed by atoms with Crippen LogP contribution in [0.2, 0.25) is 5.02 Å². The third-order valence-corrected chi connectivity index (χ3v) is 4.45. The van der Waals surface area contributed by atoms with Gasteiger partial charge in [-0.3, -0.25) is 4.90 Å². The Balaban J connectivity index is 1.51. The molecule has 0 amide bonds. The Kier molecular flexibility index (Phi) is 5.48. The van der Waals surface area contributed by atoms with Crippen LogP contribution in [0.5, 0.6) is 0 Å². The molecule has 0 radical (unpaired) electrons. The number of benzene rings is 1. The molecule has 2 heterocycles. The van der Waals surface area contributed by atoms with Crippen LogP contribution in [0.25, 0.3) is 0 Å². The largest absolute Gasteiger partial charge is 0.389 e. The fraction of sp³-hybridized carbons (Fsp3) is 0.500. The summed E-state index contributed by atoms with van der Waals surface area (Å²) < 4.78 is 41.8. The smallest absolute Gasteiger partial charge is 0.322 e. The summed E-state index contributed by atoms with van der Waals surface area (Å²) in [7, 11) is 0. The van der Waals surface area contributed by atoms with Gasteiger partial charge in [-0.25, -0.2) is 0 Å². The first-order valence-electron chi connectivity index (χ1n) is 8.01. The maximum atomic E-state index is 12.2. The van der Waals surface area contributed by atoms with Crippen molar-refractivity contribution >= 4 is 17.6 Å². The lowest BCUT2D eigenvalue weighted by Crippen LogP contribution is -2.46. The summed E-state index contributed by atoms with van der Waals surface area (Å²) in [5.74, 6) is 0.0887. The van der Waals surface area contributed by atoms with Crippen LogP contribution in [-0.4, -0.2) is 47.4 Å². The SMILES string of the molecule is FC(F)(F)CCc1noc(N2CCN(Cc3ccccc3Cl)CC2)n1. The van der Waals surface area contributed by atoms with Gasteiger partial charge < -0.3 is 9.42 Å². The van der Waals surface area contributed by atoms with Gasteiger partial charge in [0.25, 0.3) is 0 Å². The summed E-state index contributed by atoms with van der Waals surface area (Å²) in [6.07, 6.45) is -5.43. The average Bonchev–Trinajstić information content (AvgIpc) is 3.04. The van der Waals surface area contributed by atoms with Gasteiger partial charge in [0.2, 0.25) is 0 Å². The van der Waals surface area contributed by atoms with E-state index in [2.05, 4.69) is 15.0 Å². The molecule has 1 fully saturated rings. The number of anilines is 1. The third-order valence-electron chi connectivity index (χ3n) is 4.08. The van der Waals surface area contributed by atoms with E-state index in [0.29, 0.717) is 13.1 Å². The van der Waals surface area contributed by atoms with Crippen molar-refractivity contribution in [3.63, 3.8) is 0 Å². The van der Waals surface area contributed by atoms with E-state index in [1.165, 1.54) is 0 Å². The Morgan fingerprint density at radius 3 is 2.52 bits per heavy atom. The monoisotopic (exact) mass is 374 g/mol. The van der Waals surface area contributed by atoms with Crippen molar-refractivity contribution < 1.29 is 17.7 Å². The van der Waals surface area contributed by atoms with E-state index in [4.69, 9.17) is 16.1 Å². The van der Waals surface area contributed by atoms with Gasteiger partial charge in [-0.1, -0.05) is 35.0 Å². The van der Waals surface area contributed by atoms with Gasteiger partial charge in [-0.2, -0.15) is 18.2 Å². The minimum absolute atomic E-state index is 0.0887. The molecule has 25 heavy (non-hydrogen) atoms. The first-order valence-corrected chi connectivity index (χ1v) is 8.38. The van der Waals surface area contributed by atoms with Crippen molar-refractivity contribution in [2.75, 3.05) is 31.1 Å². The highest BCUT2D eigenvalue weighted by atomic mass is 35.5. The molecule has 136 valence electrons. The molecule has 1 aromatic heterocycles. The van der Waals surface area contributed by atoms with Crippen molar-refractivity contribution in [1.82, 2.24) is 15.0 Å². The van der Waals surface area contributed by atoms with Crippen molar-refractivity contribution in [2.24, 2.45) is 0 Å². The molecule has 5 nitrogen and oxygen atoms in total. The molecule has 3 rings (SSSR count). The minimum Gasteiger partial charge on any atom is -0.322 e. The number of halogens is 4. The highest BCUT2D eigenvalue weighted by molar-refractivity contribution is 6.31.